The lowest BCUT2D eigenvalue weighted by molar-refractivity contribution is -0.384. The second-order valence-electron chi connectivity index (χ2n) is 5.40. The maximum Gasteiger partial charge on any atom is 0.269 e. The number of rotatable bonds is 5. The number of hydrogen-bond acceptors (Lipinski definition) is 6. The fourth-order valence-corrected chi connectivity index (χ4v) is 2.49. The first-order chi connectivity index (χ1) is 12.5. The Morgan fingerprint density at radius 3 is 2.38 bits per heavy atom. The molecule has 26 heavy (non-hydrogen) atoms. The summed E-state index contributed by atoms with van der Waals surface area (Å²) in [4.78, 5) is 22.6. The smallest absolute Gasteiger partial charge is 0.269 e. The van der Waals surface area contributed by atoms with Gasteiger partial charge in [-0.1, -0.05) is 6.08 Å². The molecule has 132 valence electrons. The zero-order chi connectivity index (χ0) is 18.7. The molecule has 2 aromatic carbocycles. The third kappa shape index (κ3) is 3.41. The van der Waals surface area contributed by atoms with Gasteiger partial charge in [0, 0.05) is 30.3 Å². The number of nitro benzene ring substituents is 1. The van der Waals surface area contributed by atoms with E-state index >= 15 is 0 Å². The van der Waals surface area contributed by atoms with Gasteiger partial charge in [-0.25, -0.2) is 0 Å². The summed E-state index contributed by atoms with van der Waals surface area (Å²) < 4.78 is 16.2. The standard InChI is InChI=1S/C19H15NO6/c1-24-15-10-17(25-2)19-16(21)9-14(26-18(19)11-15)8-5-12-3-6-13(7-4-12)20(22)23/h3-11H,1-2H3/b8-5+. The van der Waals surface area contributed by atoms with Crippen molar-refractivity contribution in [3.63, 3.8) is 0 Å². The minimum atomic E-state index is -0.462. The highest BCUT2D eigenvalue weighted by Gasteiger charge is 2.12. The lowest BCUT2D eigenvalue weighted by Gasteiger charge is -2.08. The molecule has 0 saturated heterocycles. The van der Waals surface area contributed by atoms with Crippen LogP contribution in [-0.4, -0.2) is 19.1 Å². The molecule has 0 atom stereocenters. The first kappa shape index (κ1) is 17.2. The fraction of sp³-hybridized carbons (Fsp3) is 0.105. The maximum atomic E-state index is 12.4. The van der Waals surface area contributed by atoms with E-state index in [1.165, 1.54) is 32.4 Å². The van der Waals surface area contributed by atoms with Crippen molar-refractivity contribution in [2.24, 2.45) is 0 Å². The number of benzene rings is 2. The normalized spacial score (nSPS) is 11.0. The molecule has 0 saturated carbocycles. The number of methoxy groups -OCH3 is 2. The molecule has 0 aliphatic heterocycles. The summed E-state index contributed by atoms with van der Waals surface area (Å²) in [5.74, 6) is 1.23. The molecule has 7 heteroatoms. The largest absolute Gasteiger partial charge is 0.496 e. The van der Waals surface area contributed by atoms with Crippen LogP contribution >= 0.6 is 0 Å². The van der Waals surface area contributed by atoms with Gasteiger partial charge in [0.1, 0.15) is 28.2 Å². The summed E-state index contributed by atoms with van der Waals surface area (Å²) in [6, 6.07) is 10.6. The highest BCUT2D eigenvalue weighted by Crippen LogP contribution is 2.29. The van der Waals surface area contributed by atoms with E-state index in [4.69, 9.17) is 13.9 Å². The molecule has 3 rings (SSSR count). The molecule has 0 spiro atoms. The number of nitro groups is 1. The van der Waals surface area contributed by atoms with E-state index in [-0.39, 0.29) is 11.1 Å². The Labute approximate surface area is 148 Å². The number of nitrogens with zero attached hydrogens (tertiary/aromatic N) is 1. The Bertz CT molecular complexity index is 1050. The summed E-state index contributed by atoms with van der Waals surface area (Å²) in [7, 11) is 2.98. The molecule has 0 aliphatic carbocycles. The minimum Gasteiger partial charge on any atom is -0.496 e. The maximum absolute atomic E-state index is 12.4. The molecule has 1 aromatic heterocycles. The molecule has 0 aliphatic rings. The summed E-state index contributed by atoms with van der Waals surface area (Å²) in [5, 5.41) is 11.0. The molecule has 3 aromatic rings. The first-order valence-corrected chi connectivity index (χ1v) is 7.64. The van der Waals surface area contributed by atoms with Crippen molar-refractivity contribution in [3.05, 3.63) is 74.1 Å². The van der Waals surface area contributed by atoms with Gasteiger partial charge in [0.25, 0.3) is 5.69 Å². The van der Waals surface area contributed by atoms with Gasteiger partial charge in [0.15, 0.2) is 5.43 Å². The SMILES string of the molecule is COc1cc(OC)c2c(=O)cc(/C=C/c3ccc([N+](=O)[O-])cc3)oc2c1. The Hall–Kier alpha value is -3.61. The predicted octanol–water partition coefficient (Wildman–Crippen LogP) is 3.89. The summed E-state index contributed by atoms with van der Waals surface area (Å²) >= 11 is 0. The Morgan fingerprint density at radius 2 is 1.77 bits per heavy atom. The minimum absolute atomic E-state index is 0.0126. The van der Waals surface area contributed by atoms with E-state index in [1.807, 2.05) is 0 Å². The van der Waals surface area contributed by atoms with Gasteiger partial charge < -0.3 is 13.9 Å². The van der Waals surface area contributed by atoms with Crippen LogP contribution in [0.15, 0.2) is 51.7 Å². The monoisotopic (exact) mass is 353 g/mol. The van der Waals surface area contributed by atoms with Crippen LogP contribution in [-0.2, 0) is 0 Å². The average molecular weight is 353 g/mol. The zero-order valence-electron chi connectivity index (χ0n) is 14.1. The number of non-ortho nitro benzene ring substituents is 1. The molecular weight excluding hydrogens is 338 g/mol. The van der Waals surface area contributed by atoms with Crippen molar-refractivity contribution in [1.29, 1.82) is 0 Å². The van der Waals surface area contributed by atoms with Crippen molar-refractivity contribution >= 4 is 28.8 Å². The van der Waals surface area contributed by atoms with Crippen LogP contribution in [0, 0.1) is 10.1 Å². The molecule has 7 nitrogen and oxygen atoms in total. The Balaban J connectivity index is 2.00. The van der Waals surface area contributed by atoms with Crippen molar-refractivity contribution < 1.29 is 18.8 Å². The van der Waals surface area contributed by atoms with Gasteiger partial charge in [-0.3, -0.25) is 14.9 Å². The van der Waals surface area contributed by atoms with E-state index in [1.54, 1.807) is 36.4 Å². The van der Waals surface area contributed by atoms with Crippen LogP contribution in [0.1, 0.15) is 11.3 Å². The quantitative estimate of drug-likeness (QED) is 0.510. The van der Waals surface area contributed by atoms with Crippen molar-refractivity contribution in [1.82, 2.24) is 0 Å². The van der Waals surface area contributed by atoms with Crippen LogP contribution in [0.3, 0.4) is 0 Å². The Morgan fingerprint density at radius 1 is 1.04 bits per heavy atom. The van der Waals surface area contributed by atoms with E-state index in [0.29, 0.717) is 28.2 Å². The van der Waals surface area contributed by atoms with Crippen molar-refractivity contribution in [2.75, 3.05) is 14.2 Å². The molecule has 0 unspecified atom stereocenters. The number of fused-ring (bicyclic) bond motifs is 1. The van der Waals surface area contributed by atoms with Crippen LogP contribution in [0.5, 0.6) is 11.5 Å². The van der Waals surface area contributed by atoms with Gasteiger partial charge >= 0.3 is 0 Å². The highest BCUT2D eigenvalue weighted by atomic mass is 16.6. The van der Waals surface area contributed by atoms with E-state index in [9.17, 15) is 14.9 Å². The molecule has 0 N–H and O–H groups in total. The lowest BCUT2D eigenvalue weighted by Crippen LogP contribution is -2.03. The van der Waals surface area contributed by atoms with Gasteiger partial charge in [-0.15, -0.1) is 0 Å². The lowest BCUT2D eigenvalue weighted by atomic mass is 10.1. The summed E-state index contributed by atoms with van der Waals surface area (Å²) in [5.41, 5.74) is 0.853. The summed E-state index contributed by atoms with van der Waals surface area (Å²) in [6.45, 7) is 0. The third-order valence-electron chi connectivity index (χ3n) is 3.79. The second kappa shape index (κ2) is 7.10. The van der Waals surface area contributed by atoms with Crippen LogP contribution in [0.2, 0.25) is 0 Å². The average Bonchev–Trinajstić information content (AvgIpc) is 2.65. The third-order valence-corrected chi connectivity index (χ3v) is 3.79. The number of hydrogen-bond donors (Lipinski definition) is 0. The first-order valence-electron chi connectivity index (χ1n) is 7.64. The topological polar surface area (TPSA) is 91.8 Å². The molecule has 0 radical (unpaired) electrons. The van der Waals surface area contributed by atoms with Gasteiger partial charge in [-0.05, 0) is 23.8 Å². The van der Waals surface area contributed by atoms with Gasteiger partial charge in [-0.2, -0.15) is 0 Å². The van der Waals surface area contributed by atoms with Crippen LogP contribution in [0.4, 0.5) is 5.69 Å². The van der Waals surface area contributed by atoms with E-state index in [0.717, 1.165) is 5.56 Å². The Kier molecular flexibility index (Phi) is 4.70. The highest BCUT2D eigenvalue weighted by molar-refractivity contribution is 5.86. The van der Waals surface area contributed by atoms with Crippen LogP contribution in [0.25, 0.3) is 23.1 Å². The second-order valence-corrected chi connectivity index (χ2v) is 5.40. The van der Waals surface area contributed by atoms with Gasteiger partial charge in [0.05, 0.1) is 19.1 Å². The fourth-order valence-electron chi connectivity index (χ4n) is 2.49. The van der Waals surface area contributed by atoms with Crippen molar-refractivity contribution in [3.8, 4) is 11.5 Å². The zero-order valence-corrected chi connectivity index (χ0v) is 14.1. The molecule has 0 fully saturated rings. The van der Waals surface area contributed by atoms with E-state index < -0.39 is 4.92 Å². The van der Waals surface area contributed by atoms with Crippen molar-refractivity contribution in [2.45, 2.75) is 0 Å². The molecule has 0 bridgehead atoms. The van der Waals surface area contributed by atoms with Crippen LogP contribution < -0.4 is 14.9 Å². The molecular formula is C19H15NO6. The van der Waals surface area contributed by atoms with E-state index in [2.05, 4.69) is 0 Å². The molecule has 0 amide bonds. The number of ether oxygens (including phenoxy) is 2. The molecule has 1 heterocycles. The predicted molar refractivity (Wildman–Crippen MR) is 97.6 cm³/mol. The summed E-state index contributed by atoms with van der Waals surface area (Å²) in [6.07, 6.45) is 3.32. The van der Waals surface area contributed by atoms with Gasteiger partial charge in [0.2, 0.25) is 0 Å².